The van der Waals surface area contributed by atoms with E-state index in [9.17, 15) is 0 Å². The Morgan fingerprint density at radius 1 is 1.21 bits per heavy atom. The molecule has 19 heavy (non-hydrogen) atoms. The van der Waals surface area contributed by atoms with Gasteiger partial charge in [0, 0.05) is 9.35 Å². The summed E-state index contributed by atoms with van der Waals surface area (Å²) in [6, 6.07) is 9.12. The standard InChI is InChI=1S/C16H20BrNS/c1-4-8-18-16(13-7-9-19-12(13)3)14-6-5-11(2)10-15(14)17/h5-7,9-10,16,18H,4,8H2,1-3H3. The normalized spacial score (nSPS) is 12.6. The van der Waals surface area contributed by atoms with E-state index in [-0.39, 0.29) is 6.04 Å². The first-order valence-corrected chi connectivity index (χ1v) is 8.34. The van der Waals surface area contributed by atoms with Crippen molar-refractivity contribution in [1.82, 2.24) is 5.32 Å². The molecule has 2 aromatic rings. The fourth-order valence-electron chi connectivity index (χ4n) is 2.24. The van der Waals surface area contributed by atoms with Gasteiger partial charge in [0.05, 0.1) is 6.04 Å². The van der Waals surface area contributed by atoms with Gasteiger partial charge in [-0.15, -0.1) is 11.3 Å². The zero-order valence-electron chi connectivity index (χ0n) is 11.7. The van der Waals surface area contributed by atoms with Gasteiger partial charge in [-0.2, -0.15) is 0 Å². The third-order valence-electron chi connectivity index (χ3n) is 3.28. The number of aryl methyl sites for hydroxylation is 2. The van der Waals surface area contributed by atoms with E-state index in [4.69, 9.17) is 0 Å². The predicted molar refractivity (Wildman–Crippen MR) is 88.1 cm³/mol. The first-order valence-electron chi connectivity index (χ1n) is 6.67. The van der Waals surface area contributed by atoms with Gasteiger partial charge in [0.1, 0.15) is 0 Å². The van der Waals surface area contributed by atoms with Crippen molar-refractivity contribution >= 4 is 27.3 Å². The minimum Gasteiger partial charge on any atom is -0.306 e. The molecular weight excluding hydrogens is 318 g/mol. The molecule has 0 bridgehead atoms. The molecule has 1 nitrogen and oxygen atoms in total. The maximum Gasteiger partial charge on any atom is 0.0598 e. The second-order valence-electron chi connectivity index (χ2n) is 4.84. The minimum atomic E-state index is 0.279. The van der Waals surface area contributed by atoms with E-state index in [1.807, 2.05) is 11.3 Å². The molecule has 1 aromatic carbocycles. The lowest BCUT2D eigenvalue weighted by Crippen LogP contribution is -2.23. The average Bonchev–Trinajstić information content (AvgIpc) is 2.78. The van der Waals surface area contributed by atoms with Crippen LogP contribution in [-0.2, 0) is 0 Å². The summed E-state index contributed by atoms with van der Waals surface area (Å²) in [6.45, 7) is 7.55. The third-order valence-corrected chi connectivity index (χ3v) is 4.82. The molecule has 0 saturated carbocycles. The lowest BCUT2D eigenvalue weighted by Gasteiger charge is -2.21. The minimum absolute atomic E-state index is 0.279. The number of benzene rings is 1. The van der Waals surface area contributed by atoms with Crippen molar-refractivity contribution in [3.63, 3.8) is 0 Å². The van der Waals surface area contributed by atoms with Crippen LogP contribution in [0.15, 0.2) is 34.1 Å². The van der Waals surface area contributed by atoms with E-state index < -0.39 is 0 Å². The molecule has 0 aliphatic rings. The third kappa shape index (κ3) is 3.47. The van der Waals surface area contributed by atoms with Crippen molar-refractivity contribution in [3.8, 4) is 0 Å². The van der Waals surface area contributed by atoms with Crippen LogP contribution in [0, 0.1) is 13.8 Å². The number of rotatable bonds is 5. The fourth-order valence-corrected chi connectivity index (χ4v) is 3.70. The van der Waals surface area contributed by atoms with Crippen molar-refractivity contribution in [2.45, 2.75) is 33.2 Å². The van der Waals surface area contributed by atoms with Crippen LogP contribution in [0.2, 0.25) is 0 Å². The highest BCUT2D eigenvalue weighted by molar-refractivity contribution is 9.10. The van der Waals surface area contributed by atoms with Gasteiger partial charge < -0.3 is 5.32 Å². The molecule has 0 radical (unpaired) electrons. The van der Waals surface area contributed by atoms with Crippen LogP contribution in [0.25, 0.3) is 0 Å². The van der Waals surface area contributed by atoms with Gasteiger partial charge in [0.15, 0.2) is 0 Å². The van der Waals surface area contributed by atoms with Gasteiger partial charge in [-0.1, -0.05) is 35.0 Å². The van der Waals surface area contributed by atoms with E-state index in [0.29, 0.717) is 0 Å². The number of hydrogen-bond donors (Lipinski definition) is 1. The van der Waals surface area contributed by atoms with Gasteiger partial charge in [0.2, 0.25) is 0 Å². The van der Waals surface area contributed by atoms with Crippen LogP contribution in [0.1, 0.15) is 41.0 Å². The molecule has 1 heterocycles. The molecule has 1 unspecified atom stereocenters. The Hall–Kier alpha value is -0.640. The molecule has 0 spiro atoms. The lowest BCUT2D eigenvalue weighted by molar-refractivity contribution is 0.596. The largest absolute Gasteiger partial charge is 0.306 e. The van der Waals surface area contributed by atoms with Crippen molar-refractivity contribution in [3.05, 3.63) is 55.7 Å². The van der Waals surface area contributed by atoms with Crippen molar-refractivity contribution in [1.29, 1.82) is 0 Å². The Labute approximate surface area is 128 Å². The lowest BCUT2D eigenvalue weighted by atomic mass is 9.98. The van der Waals surface area contributed by atoms with Crippen LogP contribution in [-0.4, -0.2) is 6.54 Å². The van der Waals surface area contributed by atoms with E-state index >= 15 is 0 Å². The summed E-state index contributed by atoms with van der Waals surface area (Å²) in [5, 5.41) is 5.84. The molecule has 0 amide bonds. The topological polar surface area (TPSA) is 12.0 Å². The van der Waals surface area contributed by atoms with E-state index in [2.05, 4.69) is 71.7 Å². The molecular formula is C16H20BrNS. The van der Waals surface area contributed by atoms with Crippen LogP contribution < -0.4 is 5.32 Å². The van der Waals surface area contributed by atoms with Gasteiger partial charge in [0.25, 0.3) is 0 Å². The molecule has 0 fully saturated rings. The van der Waals surface area contributed by atoms with Crippen LogP contribution >= 0.6 is 27.3 Å². The molecule has 1 aromatic heterocycles. The van der Waals surface area contributed by atoms with Crippen LogP contribution in [0.5, 0.6) is 0 Å². The second kappa shape index (κ2) is 6.69. The zero-order chi connectivity index (χ0) is 13.8. The van der Waals surface area contributed by atoms with Gasteiger partial charge >= 0.3 is 0 Å². The highest BCUT2D eigenvalue weighted by atomic mass is 79.9. The van der Waals surface area contributed by atoms with Gasteiger partial charge in [-0.3, -0.25) is 0 Å². The van der Waals surface area contributed by atoms with E-state index in [0.717, 1.165) is 13.0 Å². The monoisotopic (exact) mass is 337 g/mol. The quantitative estimate of drug-likeness (QED) is 0.788. The smallest absolute Gasteiger partial charge is 0.0598 e. The average molecular weight is 338 g/mol. The summed E-state index contributed by atoms with van der Waals surface area (Å²) < 4.78 is 1.19. The zero-order valence-corrected chi connectivity index (χ0v) is 14.1. The summed E-state index contributed by atoms with van der Waals surface area (Å²) in [7, 11) is 0. The summed E-state index contributed by atoms with van der Waals surface area (Å²) >= 11 is 5.53. The first kappa shape index (κ1) is 14.8. The highest BCUT2D eigenvalue weighted by Gasteiger charge is 2.18. The number of halogens is 1. The summed E-state index contributed by atoms with van der Waals surface area (Å²) in [6.07, 6.45) is 1.14. The summed E-state index contributed by atoms with van der Waals surface area (Å²) in [5.74, 6) is 0. The SMILES string of the molecule is CCCNC(c1ccc(C)cc1Br)c1ccsc1C. The van der Waals surface area contributed by atoms with Crippen LogP contribution in [0.4, 0.5) is 0 Å². The Kier molecular flexibility index (Phi) is 5.20. The van der Waals surface area contributed by atoms with Gasteiger partial charge in [-0.05, 0) is 61.0 Å². The Morgan fingerprint density at radius 2 is 2.00 bits per heavy atom. The molecule has 0 aliphatic heterocycles. The first-order chi connectivity index (χ1) is 9.13. The second-order valence-corrected chi connectivity index (χ2v) is 6.82. The molecule has 1 N–H and O–H groups in total. The number of nitrogens with one attached hydrogen (secondary N) is 1. The van der Waals surface area contributed by atoms with Crippen molar-refractivity contribution in [2.75, 3.05) is 6.54 Å². The molecule has 2 rings (SSSR count). The maximum atomic E-state index is 3.71. The Balaban J connectivity index is 2.40. The number of hydrogen-bond acceptors (Lipinski definition) is 2. The molecule has 3 heteroatoms. The Morgan fingerprint density at radius 3 is 2.58 bits per heavy atom. The van der Waals surface area contributed by atoms with Crippen molar-refractivity contribution in [2.24, 2.45) is 0 Å². The van der Waals surface area contributed by atoms with Crippen LogP contribution in [0.3, 0.4) is 0 Å². The fraction of sp³-hybridized carbons (Fsp3) is 0.375. The summed E-state index contributed by atoms with van der Waals surface area (Å²) in [5.41, 5.74) is 4.00. The molecule has 0 aliphatic carbocycles. The maximum absolute atomic E-state index is 3.71. The predicted octanol–water partition coefficient (Wildman–Crippen LogP) is 5.22. The molecule has 0 saturated heterocycles. The molecule has 102 valence electrons. The summed E-state index contributed by atoms with van der Waals surface area (Å²) in [4.78, 5) is 1.39. The number of thiophene rings is 1. The highest BCUT2D eigenvalue weighted by Crippen LogP contribution is 2.32. The van der Waals surface area contributed by atoms with E-state index in [1.54, 1.807) is 0 Å². The van der Waals surface area contributed by atoms with Gasteiger partial charge in [-0.25, -0.2) is 0 Å². The van der Waals surface area contributed by atoms with Crippen molar-refractivity contribution < 1.29 is 0 Å². The Bertz CT molecular complexity index is 547. The van der Waals surface area contributed by atoms with E-state index in [1.165, 1.54) is 26.0 Å². The molecule has 1 atom stereocenters.